The van der Waals surface area contributed by atoms with Crippen molar-refractivity contribution in [2.45, 2.75) is 17.4 Å². The molecular weight excluding hydrogens is 232 g/mol. The summed E-state index contributed by atoms with van der Waals surface area (Å²) in [4.78, 5) is 1.21. The van der Waals surface area contributed by atoms with Crippen LogP contribution in [0.2, 0.25) is 0 Å². The number of aromatic nitrogens is 2. The van der Waals surface area contributed by atoms with Crippen molar-refractivity contribution >= 4 is 11.8 Å². The smallest absolute Gasteiger partial charge is 0.0831 e. The van der Waals surface area contributed by atoms with Crippen LogP contribution in [-0.2, 0) is 13.5 Å². The Kier molecular flexibility index (Phi) is 3.86. The van der Waals surface area contributed by atoms with Crippen LogP contribution in [0.3, 0.4) is 0 Å². The Morgan fingerprint density at radius 1 is 1.35 bits per heavy atom. The minimum atomic E-state index is -0.463. The van der Waals surface area contributed by atoms with E-state index in [0.29, 0.717) is 6.42 Å². The summed E-state index contributed by atoms with van der Waals surface area (Å²) in [5.74, 6) is 0. The van der Waals surface area contributed by atoms with Crippen LogP contribution in [0, 0.1) is 0 Å². The Morgan fingerprint density at radius 2 is 2.06 bits per heavy atom. The standard InChI is InChI=1S/C13H16N2OS/c1-15-9-10(8-14-15)7-13(16)11-3-5-12(17-2)6-4-11/h3-6,8-9,13,16H,7H2,1-2H3. The molecule has 4 heteroatoms. The lowest BCUT2D eigenvalue weighted by molar-refractivity contribution is 0.178. The predicted octanol–water partition coefficient (Wildman–Crippen LogP) is 2.42. The van der Waals surface area contributed by atoms with Gasteiger partial charge in [0.15, 0.2) is 0 Å². The molecule has 0 saturated heterocycles. The number of nitrogens with zero attached hydrogens (tertiary/aromatic N) is 2. The average Bonchev–Trinajstić information content (AvgIpc) is 2.75. The van der Waals surface area contributed by atoms with Gasteiger partial charge in [-0.05, 0) is 29.5 Å². The van der Waals surface area contributed by atoms with E-state index < -0.39 is 6.10 Å². The van der Waals surface area contributed by atoms with E-state index in [1.807, 2.05) is 43.8 Å². The van der Waals surface area contributed by atoms with Crippen LogP contribution in [0.15, 0.2) is 41.6 Å². The molecule has 0 amide bonds. The van der Waals surface area contributed by atoms with Gasteiger partial charge in [0.25, 0.3) is 0 Å². The van der Waals surface area contributed by atoms with E-state index >= 15 is 0 Å². The topological polar surface area (TPSA) is 38.1 Å². The molecule has 0 aliphatic heterocycles. The van der Waals surface area contributed by atoms with Crippen molar-refractivity contribution < 1.29 is 5.11 Å². The van der Waals surface area contributed by atoms with E-state index in [9.17, 15) is 5.11 Å². The van der Waals surface area contributed by atoms with Gasteiger partial charge in [-0.25, -0.2) is 0 Å². The minimum Gasteiger partial charge on any atom is -0.388 e. The number of thioether (sulfide) groups is 1. The highest BCUT2D eigenvalue weighted by atomic mass is 32.2. The van der Waals surface area contributed by atoms with E-state index in [4.69, 9.17) is 0 Å². The van der Waals surface area contributed by atoms with Crippen molar-refractivity contribution in [3.05, 3.63) is 47.8 Å². The molecule has 2 rings (SSSR count). The highest BCUT2D eigenvalue weighted by Crippen LogP contribution is 2.21. The van der Waals surface area contributed by atoms with Crippen molar-refractivity contribution in [3.8, 4) is 0 Å². The van der Waals surface area contributed by atoms with Crippen LogP contribution in [0.4, 0.5) is 0 Å². The summed E-state index contributed by atoms with van der Waals surface area (Å²) in [5.41, 5.74) is 2.00. The number of hydrogen-bond acceptors (Lipinski definition) is 3. The monoisotopic (exact) mass is 248 g/mol. The summed E-state index contributed by atoms with van der Waals surface area (Å²) in [5, 5.41) is 14.2. The summed E-state index contributed by atoms with van der Waals surface area (Å²) >= 11 is 1.70. The van der Waals surface area contributed by atoms with Crippen LogP contribution in [0.1, 0.15) is 17.2 Å². The normalized spacial score (nSPS) is 12.6. The summed E-state index contributed by atoms with van der Waals surface area (Å²) in [6.07, 6.45) is 5.90. The van der Waals surface area contributed by atoms with Gasteiger partial charge in [-0.1, -0.05) is 12.1 Å². The lowest BCUT2D eigenvalue weighted by atomic mass is 10.0. The van der Waals surface area contributed by atoms with E-state index in [1.54, 1.807) is 22.6 Å². The van der Waals surface area contributed by atoms with Crippen molar-refractivity contribution in [1.82, 2.24) is 9.78 Å². The molecule has 1 unspecified atom stereocenters. The van der Waals surface area contributed by atoms with Crippen molar-refractivity contribution in [1.29, 1.82) is 0 Å². The van der Waals surface area contributed by atoms with E-state index in [0.717, 1.165) is 11.1 Å². The molecule has 0 bridgehead atoms. The summed E-state index contributed by atoms with van der Waals surface area (Å²) < 4.78 is 1.75. The Morgan fingerprint density at radius 3 is 2.59 bits per heavy atom. The van der Waals surface area contributed by atoms with Gasteiger partial charge in [0.05, 0.1) is 12.3 Å². The maximum absolute atomic E-state index is 10.1. The molecule has 0 aliphatic carbocycles. The first-order valence-corrected chi connectivity index (χ1v) is 6.71. The van der Waals surface area contributed by atoms with Crippen LogP contribution in [0.25, 0.3) is 0 Å². The molecule has 1 atom stereocenters. The first-order valence-electron chi connectivity index (χ1n) is 5.48. The highest BCUT2D eigenvalue weighted by molar-refractivity contribution is 7.98. The predicted molar refractivity (Wildman–Crippen MR) is 70.1 cm³/mol. The number of aliphatic hydroxyl groups is 1. The van der Waals surface area contributed by atoms with Gasteiger partial charge in [-0.2, -0.15) is 5.10 Å². The third-order valence-electron chi connectivity index (χ3n) is 2.69. The number of aliphatic hydroxyl groups excluding tert-OH is 1. The summed E-state index contributed by atoms with van der Waals surface area (Å²) in [6, 6.07) is 8.03. The molecule has 0 spiro atoms. The fourth-order valence-electron chi connectivity index (χ4n) is 1.74. The number of benzene rings is 1. The molecule has 1 N–H and O–H groups in total. The van der Waals surface area contributed by atoms with E-state index in [-0.39, 0.29) is 0 Å². The number of rotatable bonds is 4. The molecule has 2 aromatic rings. The fourth-order valence-corrected chi connectivity index (χ4v) is 2.15. The third kappa shape index (κ3) is 3.11. The third-order valence-corrected chi connectivity index (χ3v) is 3.43. The zero-order chi connectivity index (χ0) is 12.3. The molecule has 3 nitrogen and oxygen atoms in total. The van der Waals surface area contributed by atoms with Gasteiger partial charge >= 0.3 is 0 Å². The van der Waals surface area contributed by atoms with Crippen molar-refractivity contribution in [2.75, 3.05) is 6.26 Å². The Hall–Kier alpha value is -1.26. The molecular formula is C13H16N2OS. The molecule has 1 aromatic carbocycles. The molecule has 1 aromatic heterocycles. The van der Waals surface area contributed by atoms with Gasteiger partial charge < -0.3 is 5.11 Å². The maximum Gasteiger partial charge on any atom is 0.0831 e. The lowest BCUT2D eigenvalue weighted by Gasteiger charge is -2.10. The SMILES string of the molecule is CSc1ccc(C(O)Cc2cnn(C)c2)cc1. The average molecular weight is 248 g/mol. The lowest BCUT2D eigenvalue weighted by Crippen LogP contribution is -2.00. The van der Waals surface area contributed by atoms with Crippen molar-refractivity contribution in [3.63, 3.8) is 0 Å². The minimum absolute atomic E-state index is 0.463. The molecule has 0 aliphatic rings. The Balaban J connectivity index is 2.06. The number of hydrogen-bond donors (Lipinski definition) is 1. The van der Waals surface area contributed by atoms with Crippen LogP contribution in [0.5, 0.6) is 0 Å². The second-order valence-corrected chi connectivity index (χ2v) is 4.89. The quantitative estimate of drug-likeness (QED) is 0.844. The van der Waals surface area contributed by atoms with Crippen LogP contribution < -0.4 is 0 Å². The van der Waals surface area contributed by atoms with Crippen LogP contribution in [-0.4, -0.2) is 21.1 Å². The Bertz CT molecular complexity index is 478. The fraction of sp³-hybridized carbons (Fsp3) is 0.308. The van der Waals surface area contributed by atoms with Gasteiger partial charge in [-0.3, -0.25) is 4.68 Å². The molecule has 90 valence electrons. The summed E-state index contributed by atoms with van der Waals surface area (Å²) in [6.45, 7) is 0. The van der Waals surface area contributed by atoms with Crippen LogP contribution >= 0.6 is 11.8 Å². The first kappa shape index (κ1) is 12.2. The zero-order valence-electron chi connectivity index (χ0n) is 10.00. The highest BCUT2D eigenvalue weighted by Gasteiger charge is 2.09. The summed E-state index contributed by atoms with van der Waals surface area (Å²) in [7, 11) is 1.88. The second-order valence-electron chi connectivity index (χ2n) is 4.02. The largest absolute Gasteiger partial charge is 0.388 e. The van der Waals surface area contributed by atoms with Gasteiger partial charge in [0.2, 0.25) is 0 Å². The molecule has 0 fully saturated rings. The van der Waals surface area contributed by atoms with Gasteiger partial charge in [-0.15, -0.1) is 11.8 Å². The van der Waals surface area contributed by atoms with E-state index in [1.165, 1.54) is 4.90 Å². The van der Waals surface area contributed by atoms with Gasteiger partial charge in [0.1, 0.15) is 0 Å². The maximum atomic E-state index is 10.1. The van der Waals surface area contributed by atoms with Gasteiger partial charge in [0, 0.05) is 24.6 Å². The molecule has 0 saturated carbocycles. The second kappa shape index (κ2) is 5.38. The molecule has 17 heavy (non-hydrogen) atoms. The Labute approximate surface area is 105 Å². The van der Waals surface area contributed by atoms with Crippen molar-refractivity contribution in [2.24, 2.45) is 7.05 Å². The number of aryl methyl sites for hydroxylation is 1. The molecule has 0 radical (unpaired) electrons. The van der Waals surface area contributed by atoms with E-state index in [2.05, 4.69) is 5.10 Å². The molecule has 1 heterocycles. The zero-order valence-corrected chi connectivity index (χ0v) is 10.8. The first-order chi connectivity index (χ1) is 8.19.